The van der Waals surface area contributed by atoms with E-state index in [0.717, 1.165) is 32.5 Å². The Kier molecular flexibility index (Phi) is 26.8. The molecule has 1 fully saturated rings. The summed E-state index contributed by atoms with van der Waals surface area (Å²) in [4.78, 5) is 140. The van der Waals surface area contributed by atoms with Gasteiger partial charge in [-0.25, -0.2) is 0 Å². The molecule has 26 nitrogen and oxygen atoms in total. The highest BCUT2D eigenvalue weighted by atomic mass is 16.3. The molecule has 1 heterocycles. The van der Waals surface area contributed by atoms with Crippen molar-refractivity contribution in [2.45, 2.75) is 172 Å². The molecule has 11 atom stereocenters. The molecule has 1 saturated heterocycles. The first-order valence-electron chi connectivity index (χ1n) is 29.7. The minimum absolute atomic E-state index is 0.0127. The van der Waals surface area contributed by atoms with Gasteiger partial charge in [0.15, 0.2) is 0 Å². The monoisotopic (exact) mass is 1200 g/mol. The maximum atomic E-state index is 14.5. The molecule has 472 valence electrons. The predicted molar refractivity (Wildman–Crippen MR) is 325 cm³/mol. The second kappa shape index (κ2) is 33.3. The van der Waals surface area contributed by atoms with Crippen molar-refractivity contribution in [1.82, 2.24) is 53.2 Å². The number of carbonyl (C=O) groups is 10. The summed E-state index contributed by atoms with van der Waals surface area (Å²) in [6.07, 6.45) is -3.01. The minimum atomic E-state index is -1.66. The zero-order chi connectivity index (χ0) is 63.4. The number of aliphatic hydroxyl groups is 2. The normalized spacial score (nSPS) is 22.4. The third-order valence-corrected chi connectivity index (χ3v) is 14.9. The van der Waals surface area contributed by atoms with Crippen LogP contribution >= 0.6 is 0 Å². The number of nitrogens with two attached hydrogens (primary N) is 4. The fourth-order valence-corrected chi connectivity index (χ4v) is 10.5. The van der Waals surface area contributed by atoms with Crippen LogP contribution in [0.4, 0.5) is 0 Å². The second-order valence-electron chi connectivity index (χ2n) is 23.1. The first-order chi connectivity index (χ1) is 40.9. The second-order valence-corrected chi connectivity index (χ2v) is 23.1. The van der Waals surface area contributed by atoms with Gasteiger partial charge in [0, 0.05) is 13.0 Å². The maximum Gasteiger partial charge on any atom is 0.245 e. The molecule has 0 spiro atoms. The molecule has 4 aromatic carbocycles. The van der Waals surface area contributed by atoms with Crippen LogP contribution in [0.15, 0.2) is 54.6 Å². The highest BCUT2D eigenvalue weighted by Gasteiger charge is 2.37. The van der Waals surface area contributed by atoms with E-state index in [2.05, 4.69) is 102 Å². The SMILES string of the molecule is CC(C)C[C@@H]1NC(=O)[C@@H](CC(C)C)NC(=O)[C@H](CCN)NC(=O)[C@@H](NC(=O)[C@H](CCN)NC(=O)[C@@H](NC(=O)CCCc2cc3ccc4cccc5ccc(c2)c3c45)[C@@H](C)O)CCNC(=O)[C@H]([C@@H](C)O)NC(=O)[C@H](CCN)NC(=O)[C@H](CCN)NC1=O. The number of hydrogen-bond donors (Lipinski definition) is 16. The molecule has 0 unspecified atom stereocenters. The summed E-state index contributed by atoms with van der Waals surface area (Å²) in [7, 11) is 0. The standard InChI is InChI=1S/C60H90N14O12/c1-31(2)27-45-57(83)68-40(17-22-61)52(78)67-43(20-25-64)56(82)74-50(33(5)75)59(85)65-26-21-44(55(81)66-41(18-23-62)54(80)71-46(28-32(3)4)58(84)72-45)69-53(79)42(19-24-63)70-60(86)51(34(6)76)73-47(77)12-7-9-35-29-38-15-13-36-10-8-11-37-14-16-39(30-35)49(38)48(36)37/h8,10-11,13-16,29-34,40-46,50-51,75-76H,7,9,12,17-28,61-64H2,1-6H3,(H,65,85)(H,66,81)(H,67,78)(H,68,83)(H,69,79)(H,70,86)(H,71,80)(H,72,84)(H,73,77)(H,74,82)/t33-,34-,40+,41+,42+,43+,44+,45+,46-,50+,51+/m1/s1. The van der Waals surface area contributed by atoms with E-state index < -0.39 is 139 Å². The number of aliphatic hydroxyl groups excluding tert-OH is 2. The molecule has 0 saturated carbocycles. The van der Waals surface area contributed by atoms with Gasteiger partial charge in [-0.15, -0.1) is 0 Å². The molecular weight excluding hydrogens is 1110 g/mol. The fourth-order valence-electron chi connectivity index (χ4n) is 10.5. The number of aryl methyl sites for hydroxylation is 1. The maximum absolute atomic E-state index is 14.5. The molecule has 0 bridgehead atoms. The van der Waals surface area contributed by atoms with E-state index in [1.165, 1.54) is 19.2 Å². The Morgan fingerprint density at radius 1 is 0.558 bits per heavy atom. The van der Waals surface area contributed by atoms with Crippen LogP contribution in [0.1, 0.15) is 105 Å². The quantitative estimate of drug-likeness (QED) is 0.0359. The van der Waals surface area contributed by atoms with Gasteiger partial charge >= 0.3 is 0 Å². The number of amides is 10. The van der Waals surface area contributed by atoms with Crippen molar-refractivity contribution < 1.29 is 58.2 Å². The lowest BCUT2D eigenvalue weighted by Crippen LogP contribution is -2.61. The van der Waals surface area contributed by atoms with Crippen LogP contribution in [0.3, 0.4) is 0 Å². The molecule has 86 heavy (non-hydrogen) atoms. The lowest BCUT2D eigenvalue weighted by atomic mass is 9.92. The smallest absolute Gasteiger partial charge is 0.245 e. The molecule has 20 N–H and O–H groups in total. The summed E-state index contributed by atoms with van der Waals surface area (Å²) in [6, 6.07) is 5.72. The molecule has 0 radical (unpaired) electrons. The highest BCUT2D eigenvalue weighted by Crippen LogP contribution is 2.35. The molecule has 4 aromatic rings. The average molecular weight is 1200 g/mol. The summed E-state index contributed by atoms with van der Waals surface area (Å²) in [5, 5.41) is 54.1. The lowest BCUT2D eigenvalue weighted by Gasteiger charge is -2.29. The van der Waals surface area contributed by atoms with Crippen molar-refractivity contribution >= 4 is 91.4 Å². The van der Waals surface area contributed by atoms with Crippen LogP contribution in [-0.4, -0.2) is 169 Å². The third-order valence-electron chi connectivity index (χ3n) is 14.9. The van der Waals surface area contributed by atoms with Crippen molar-refractivity contribution in [3.63, 3.8) is 0 Å². The molecule has 10 amide bonds. The van der Waals surface area contributed by atoms with Gasteiger partial charge in [-0.2, -0.15) is 0 Å². The van der Waals surface area contributed by atoms with Gasteiger partial charge in [0.25, 0.3) is 0 Å². The molecule has 1 aliphatic heterocycles. The van der Waals surface area contributed by atoms with Gasteiger partial charge in [-0.05, 0) is 148 Å². The number of nitrogens with one attached hydrogen (secondary N) is 10. The number of benzene rings is 4. The van der Waals surface area contributed by atoms with E-state index in [-0.39, 0.29) is 83.0 Å². The summed E-state index contributed by atoms with van der Waals surface area (Å²) in [5.74, 6) is -8.97. The summed E-state index contributed by atoms with van der Waals surface area (Å²) >= 11 is 0. The van der Waals surface area contributed by atoms with Crippen LogP contribution in [0.25, 0.3) is 32.3 Å². The van der Waals surface area contributed by atoms with Gasteiger partial charge < -0.3 is 86.3 Å². The molecule has 1 aliphatic rings. The Labute approximate surface area is 501 Å². The van der Waals surface area contributed by atoms with Gasteiger partial charge in [0.1, 0.15) is 54.4 Å². The molecule has 5 rings (SSSR count). The number of hydrogen-bond acceptors (Lipinski definition) is 16. The zero-order valence-electron chi connectivity index (χ0n) is 50.1. The molecule has 26 heteroatoms. The Hall–Kier alpha value is -7.62. The van der Waals surface area contributed by atoms with E-state index in [0.29, 0.717) is 12.8 Å². The Morgan fingerprint density at radius 2 is 1.01 bits per heavy atom. The summed E-state index contributed by atoms with van der Waals surface area (Å²) < 4.78 is 0. The van der Waals surface area contributed by atoms with Crippen LogP contribution in [0, 0.1) is 11.8 Å². The van der Waals surface area contributed by atoms with Gasteiger partial charge in [0.2, 0.25) is 59.1 Å². The summed E-state index contributed by atoms with van der Waals surface area (Å²) in [6.45, 7) is 8.71. The van der Waals surface area contributed by atoms with Crippen molar-refractivity contribution in [1.29, 1.82) is 0 Å². The largest absolute Gasteiger partial charge is 0.391 e. The predicted octanol–water partition coefficient (Wildman–Crippen LogP) is -1.96. The van der Waals surface area contributed by atoms with Gasteiger partial charge in [-0.3, -0.25) is 47.9 Å². The van der Waals surface area contributed by atoms with Crippen LogP contribution in [0.5, 0.6) is 0 Å². The van der Waals surface area contributed by atoms with Crippen LogP contribution in [0.2, 0.25) is 0 Å². The van der Waals surface area contributed by atoms with Crippen molar-refractivity contribution in [2.75, 3.05) is 32.7 Å². The number of carbonyl (C=O) groups excluding carboxylic acids is 10. The van der Waals surface area contributed by atoms with E-state index in [4.69, 9.17) is 22.9 Å². The first kappa shape index (κ1) is 69.2. The van der Waals surface area contributed by atoms with Gasteiger partial charge in [-0.1, -0.05) is 82.3 Å². The third kappa shape index (κ3) is 19.7. The topological polar surface area (TPSA) is 436 Å². The fraction of sp³-hybridized carbons (Fsp3) is 0.567. The van der Waals surface area contributed by atoms with Crippen molar-refractivity contribution in [3.8, 4) is 0 Å². The minimum Gasteiger partial charge on any atom is -0.391 e. The molecule has 0 aliphatic carbocycles. The first-order valence-corrected chi connectivity index (χ1v) is 29.7. The number of rotatable bonds is 23. The Morgan fingerprint density at radius 3 is 1.48 bits per heavy atom. The van der Waals surface area contributed by atoms with E-state index in [1.54, 1.807) is 27.7 Å². The average Bonchev–Trinajstić information content (AvgIpc) is 1.95. The van der Waals surface area contributed by atoms with Crippen LogP contribution < -0.4 is 76.1 Å². The zero-order valence-corrected chi connectivity index (χ0v) is 50.1. The van der Waals surface area contributed by atoms with Gasteiger partial charge in [0.05, 0.1) is 12.2 Å². The Balaban J connectivity index is 1.38. The van der Waals surface area contributed by atoms with Crippen LogP contribution in [-0.2, 0) is 54.4 Å². The molecular formula is C60H90N14O12. The van der Waals surface area contributed by atoms with E-state index in [1.807, 2.05) is 6.07 Å². The van der Waals surface area contributed by atoms with E-state index in [9.17, 15) is 58.2 Å². The lowest BCUT2D eigenvalue weighted by molar-refractivity contribution is -0.136. The van der Waals surface area contributed by atoms with Crippen molar-refractivity contribution in [2.24, 2.45) is 34.8 Å². The van der Waals surface area contributed by atoms with Crippen molar-refractivity contribution in [3.05, 3.63) is 60.2 Å². The highest BCUT2D eigenvalue weighted by molar-refractivity contribution is 6.23. The Bertz CT molecular complexity index is 2930. The van der Waals surface area contributed by atoms with E-state index >= 15 is 0 Å². The summed E-state index contributed by atoms with van der Waals surface area (Å²) in [5.41, 5.74) is 24.6. The molecule has 0 aromatic heterocycles.